The van der Waals surface area contributed by atoms with E-state index in [4.69, 9.17) is 8.83 Å². The highest BCUT2D eigenvalue weighted by atomic mass is 16.3. The van der Waals surface area contributed by atoms with E-state index in [9.17, 15) is 0 Å². The van der Waals surface area contributed by atoms with Gasteiger partial charge in [0.2, 0.25) is 0 Å². The van der Waals surface area contributed by atoms with Crippen molar-refractivity contribution in [2.45, 2.75) is 83.6 Å². The first kappa shape index (κ1) is 42.7. The minimum atomic E-state index is -0.141. The molecule has 2 aromatic heterocycles. The minimum Gasteiger partial charge on any atom is -0.456 e. The lowest BCUT2D eigenvalue weighted by molar-refractivity contribution is 0.195. The molecule has 9 aromatic carbocycles. The van der Waals surface area contributed by atoms with Crippen molar-refractivity contribution < 1.29 is 8.83 Å². The molecule has 3 aliphatic heterocycles. The third-order valence-electron chi connectivity index (χ3n) is 17.8. The number of aryl methyl sites for hydroxylation is 1. The molecule has 0 amide bonds. The summed E-state index contributed by atoms with van der Waals surface area (Å²) in [6, 6.07) is 68.1. The SMILES string of the molecule is Cc1cc2c3c(c1)N(c1cccc4c1oc1ccccc14)c1cc(N4c5ccc(-c6ccccc6)cc5C5(C)CCCCC45C)ccc1B3c1cc(C(C)(C)C)ccc1N2c1ccc2oc3ccccc3c2c1. The fourth-order valence-electron chi connectivity index (χ4n) is 14.0. The van der Waals surface area contributed by atoms with E-state index >= 15 is 0 Å². The van der Waals surface area contributed by atoms with Crippen LogP contribution in [0, 0.1) is 6.92 Å². The summed E-state index contributed by atoms with van der Waals surface area (Å²) in [6.45, 7) is 14.3. The normalized spacial score (nSPS) is 18.9. The van der Waals surface area contributed by atoms with Crippen molar-refractivity contribution in [1.82, 2.24) is 0 Å². The van der Waals surface area contributed by atoms with Gasteiger partial charge in [-0.15, -0.1) is 0 Å². The molecule has 5 nitrogen and oxygen atoms in total. The lowest BCUT2D eigenvalue weighted by Crippen LogP contribution is -2.61. The topological polar surface area (TPSA) is 36.0 Å². The Morgan fingerprint density at radius 3 is 1.97 bits per heavy atom. The summed E-state index contributed by atoms with van der Waals surface area (Å²) < 4.78 is 13.4. The van der Waals surface area contributed by atoms with Gasteiger partial charge in [0.15, 0.2) is 5.58 Å². The number of nitrogens with zero attached hydrogens (tertiary/aromatic N) is 3. The van der Waals surface area contributed by atoms with Crippen molar-refractivity contribution in [3.05, 3.63) is 199 Å². The van der Waals surface area contributed by atoms with Gasteiger partial charge in [0, 0.05) is 66.8 Å². The number of fused-ring (bicyclic) bond motifs is 13. The second-order valence-electron chi connectivity index (χ2n) is 22.9. The summed E-state index contributed by atoms with van der Waals surface area (Å²) in [4.78, 5) is 7.84. The van der Waals surface area contributed by atoms with Crippen molar-refractivity contribution in [2.75, 3.05) is 14.7 Å². The van der Waals surface area contributed by atoms with Crippen LogP contribution in [0.15, 0.2) is 191 Å². The standard InChI is InChI=1S/C67H56BN3O2/c1-41-35-58-63-59(36-41)70(56-22-16-21-49-47-19-10-13-24-61(47)73-64(49)56)57-40-46(71-54-30-25-43(42-17-8-7-9-18-42)37-51(54)66(5)33-14-15-34-67(66,71)6)27-29-52(57)68(63)53-38-44(65(2,3)4)26-31-55(53)69(58)45-28-32-62-50(39-45)48-20-11-12-23-60(48)72-62/h7-13,16-32,35-40H,14-15,33-34H2,1-6H3. The van der Waals surface area contributed by atoms with E-state index in [-0.39, 0.29) is 23.1 Å². The fourth-order valence-corrected chi connectivity index (χ4v) is 14.0. The molecule has 15 rings (SSSR count). The molecular weight excluding hydrogens is 890 g/mol. The van der Waals surface area contributed by atoms with Crippen LogP contribution in [0.4, 0.5) is 45.5 Å². The number of anilines is 8. The highest BCUT2D eigenvalue weighted by molar-refractivity contribution is 7.00. The number of furan rings is 2. The monoisotopic (exact) mass is 945 g/mol. The van der Waals surface area contributed by atoms with Crippen LogP contribution >= 0.6 is 0 Å². The fraction of sp³-hybridized carbons (Fsp3) is 0.194. The Morgan fingerprint density at radius 1 is 0.479 bits per heavy atom. The maximum Gasteiger partial charge on any atom is 0.252 e. The predicted molar refractivity (Wildman–Crippen MR) is 307 cm³/mol. The molecule has 5 heterocycles. The van der Waals surface area contributed by atoms with E-state index < -0.39 is 0 Å². The first-order valence-corrected chi connectivity index (χ1v) is 26.3. The molecule has 0 radical (unpaired) electrons. The summed E-state index contributed by atoms with van der Waals surface area (Å²) in [5.74, 6) is 0. The van der Waals surface area contributed by atoms with E-state index in [1.807, 2.05) is 0 Å². The van der Waals surface area contributed by atoms with E-state index in [0.717, 1.165) is 68.1 Å². The molecule has 2 unspecified atom stereocenters. The highest BCUT2D eigenvalue weighted by Gasteiger charge is 2.58. The van der Waals surface area contributed by atoms with Crippen molar-refractivity contribution in [1.29, 1.82) is 0 Å². The molecule has 1 saturated carbocycles. The lowest BCUT2D eigenvalue weighted by Gasteiger charge is -2.50. The second-order valence-corrected chi connectivity index (χ2v) is 22.9. The molecule has 1 aliphatic carbocycles. The number of hydrogen-bond acceptors (Lipinski definition) is 5. The van der Waals surface area contributed by atoms with Crippen LogP contribution in [-0.2, 0) is 10.8 Å². The van der Waals surface area contributed by atoms with Gasteiger partial charge >= 0.3 is 0 Å². The maximum atomic E-state index is 7.02. The van der Waals surface area contributed by atoms with Gasteiger partial charge in [-0.3, -0.25) is 0 Å². The maximum absolute atomic E-state index is 7.02. The predicted octanol–water partition coefficient (Wildman–Crippen LogP) is 16.6. The summed E-state index contributed by atoms with van der Waals surface area (Å²) >= 11 is 0. The summed E-state index contributed by atoms with van der Waals surface area (Å²) in [5.41, 5.74) is 23.2. The van der Waals surface area contributed by atoms with Crippen molar-refractivity contribution >= 4 is 112 Å². The molecular formula is C67H56BN3O2. The minimum absolute atomic E-state index is 0.0413. The Morgan fingerprint density at radius 2 is 1.16 bits per heavy atom. The molecule has 73 heavy (non-hydrogen) atoms. The zero-order chi connectivity index (χ0) is 49.1. The Hall–Kier alpha value is -7.96. The highest BCUT2D eigenvalue weighted by Crippen LogP contribution is 2.62. The number of rotatable bonds is 4. The summed E-state index contributed by atoms with van der Waals surface area (Å²) in [6.07, 6.45) is 4.71. The molecule has 0 spiro atoms. The summed E-state index contributed by atoms with van der Waals surface area (Å²) in [7, 11) is 0. The van der Waals surface area contributed by atoms with E-state index in [1.165, 1.54) is 91.2 Å². The van der Waals surface area contributed by atoms with Gasteiger partial charge in [0.1, 0.15) is 16.7 Å². The third-order valence-corrected chi connectivity index (χ3v) is 17.8. The van der Waals surface area contributed by atoms with Gasteiger partial charge in [-0.25, -0.2) is 0 Å². The average Bonchev–Trinajstić information content (AvgIpc) is 4.06. The largest absolute Gasteiger partial charge is 0.456 e. The summed E-state index contributed by atoms with van der Waals surface area (Å²) in [5, 5.41) is 4.48. The molecule has 1 fully saturated rings. The van der Waals surface area contributed by atoms with Crippen LogP contribution in [-0.4, -0.2) is 12.3 Å². The molecule has 0 N–H and O–H groups in total. The van der Waals surface area contributed by atoms with Crippen LogP contribution < -0.4 is 31.1 Å². The molecule has 4 aliphatic rings. The number of para-hydroxylation sites is 3. The number of hydrogen-bond donors (Lipinski definition) is 0. The zero-order valence-electron chi connectivity index (χ0n) is 42.4. The Balaban J connectivity index is 1.01. The molecule has 6 heteroatoms. The van der Waals surface area contributed by atoms with Crippen LogP contribution in [0.5, 0.6) is 0 Å². The first-order chi connectivity index (χ1) is 35.5. The zero-order valence-corrected chi connectivity index (χ0v) is 42.4. The molecule has 11 aromatic rings. The van der Waals surface area contributed by atoms with E-state index in [0.29, 0.717) is 0 Å². The average molecular weight is 946 g/mol. The van der Waals surface area contributed by atoms with Crippen molar-refractivity contribution in [3.63, 3.8) is 0 Å². The van der Waals surface area contributed by atoms with Crippen LogP contribution in [0.25, 0.3) is 55.0 Å². The Bertz CT molecular complexity index is 4120. The molecule has 2 atom stereocenters. The van der Waals surface area contributed by atoms with Gasteiger partial charge < -0.3 is 23.5 Å². The Labute approximate surface area is 427 Å². The van der Waals surface area contributed by atoms with Gasteiger partial charge in [-0.05, 0) is 155 Å². The van der Waals surface area contributed by atoms with E-state index in [1.54, 1.807) is 0 Å². The van der Waals surface area contributed by atoms with Crippen molar-refractivity contribution in [2.24, 2.45) is 0 Å². The van der Waals surface area contributed by atoms with Crippen LogP contribution in [0.3, 0.4) is 0 Å². The number of benzene rings is 9. The van der Waals surface area contributed by atoms with Gasteiger partial charge in [-0.1, -0.05) is 144 Å². The molecule has 0 bridgehead atoms. The second kappa shape index (κ2) is 15.1. The smallest absolute Gasteiger partial charge is 0.252 e. The quantitative estimate of drug-likeness (QED) is 0.164. The third kappa shape index (κ3) is 5.92. The van der Waals surface area contributed by atoms with Crippen molar-refractivity contribution in [3.8, 4) is 11.1 Å². The lowest BCUT2D eigenvalue weighted by atomic mass is 9.33. The van der Waals surface area contributed by atoms with Crippen LogP contribution in [0.1, 0.15) is 77.0 Å². The van der Waals surface area contributed by atoms with E-state index in [2.05, 4.69) is 238 Å². The first-order valence-electron chi connectivity index (χ1n) is 26.3. The Kier molecular flexibility index (Phi) is 8.80. The molecule has 0 saturated heterocycles. The van der Waals surface area contributed by atoms with Gasteiger partial charge in [0.05, 0.1) is 11.2 Å². The van der Waals surface area contributed by atoms with Gasteiger partial charge in [-0.2, -0.15) is 0 Å². The van der Waals surface area contributed by atoms with Gasteiger partial charge in [0.25, 0.3) is 6.71 Å². The van der Waals surface area contributed by atoms with Crippen LogP contribution in [0.2, 0.25) is 0 Å². The molecule has 354 valence electrons.